The van der Waals surface area contributed by atoms with Gasteiger partial charge in [0.25, 0.3) is 0 Å². The van der Waals surface area contributed by atoms with Gasteiger partial charge in [-0.2, -0.15) is 0 Å². The lowest BCUT2D eigenvalue weighted by Gasteiger charge is -2.39. The minimum absolute atomic E-state index is 0.368. The van der Waals surface area contributed by atoms with Crippen molar-refractivity contribution in [2.75, 3.05) is 19.6 Å². The lowest BCUT2D eigenvalue weighted by Crippen LogP contribution is -2.44. The van der Waals surface area contributed by atoms with Crippen LogP contribution in [0.15, 0.2) is 36.7 Å². The second kappa shape index (κ2) is 4.02. The molecule has 2 aliphatic heterocycles. The van der Waals surface area contributed by atoms with Crippen LogP contribution in [0.1, 0.15) is 18.4 Å². The third-order valence-corrected chi connectivity index (χ3v) is 4.91. The van der Waals surface area contributed by atoms with Crippen molar-refractivity contribution in [2.24, 2.45) is 5.92 Å². The van der Waals surface area contributed by atoms with Gasteiger partial charge < -0.3 is 10.0 Å². The van der Waals surface area contributed by atoms with E-state index < -0.39 is 5.60 Å². The maximum absolute atomic E-state index is 11.3. The Balaban J connectivity index is 1.89. The monoisotopic (exact) mass is 254 g/mol. The standard InChI is InChI=1S/C16H18N2O/c19-16(6-9-18-8-5-13(16)11-18)15-3-1-2-12-4-7-17-10-14(12)15/h1-4,7,10,13,19H,5-6,8-9,11H2. The van der Waals surface area contributed by atoms with E-state index in [1.165, 1.54) is 5.39 Å². The molecular weight excluding hydrogens is 236 g/mol. The van der Waals surface area contributed by atoms with Crippen LogP contribution in [0.3, 0.4) is 0 Å². The number of aromatic nitrogens is 1. The van der Waals surface area contributed by atoms with Crippen LogP contribution < -0.4 is 0 Å². The molecule has 3 nitrogen and oxygen atoms in total. The second-order valence-electron chi connectivity index (χ2n) is 5.86. The van der Waals surface area contributed by atoms with Crippen molar-refractivity contribution in [2.45, 2.75) is 18.4 Å². The lowest BCUT2D eigenvalue weighted by atomic mass is 9.75. The number of aliphatic hydroxyl groups is 1. The molecule has 2 saturated heterocycles. The van der Waals surface area contributed by atoms with Crippen molar-refractivity contribution in [3.8, 4) is 0 Å². The molecule has 19 heavy (non-hydrogen) atoms. The molecule has 2 aliphatic rings. The fourth-order valence-electron chi connectivity index (χ4n) is 3.80. The van der Waals surface area contributed by atoms with E-state index >= 15 is 0 Å². The van der Waals surface area contributed by atoms with Gasteiger partial charge in [0.15, 0.2) is 0 Å². The molecule has 0 aliphatic carbocycles. The van der Waals surface area contributed by atoms with Crippen LogP contribution in [-0.2, 0) is 5.60 Å². The second-order valence-corrected chi connectivity index (χ2v) is 5.86. The summed E-state index contributed by atoms with van der Waals surface area (Å²) in [5, 5.41) is 13.5. The zero-order chi connectivity index (χ0) is 12.9. The van der Waals surface area contributed by atoms with Crippen LogP contribution in [0.25, 0.3) is 10.8 Å². The highest BCUT2D eigenvalue weighted by Gasteiger charge is 2.46. The molecule has 0 radical (unpaired) electrons. The summed E-state index contributed by atoms with van der Waals surface area (Å²) in [6.45, 7) is 3.17. The molecule has 0 saturated carbocycles. The highest BCUT2D eigenvalue weighted by Crippen LogP contribution is 2.44. The topological polar surface area (TPSA) is 36.4 Å². The summed E-state index contributed by atoms with van der Waals surface area (Å²) < 4.78 is 0. The first-order valence-corrected chi connectivity index (χ1v) is 7.05. The quantitative estimate of drug-likeness (QED) is 0.847. The highest BCUT2D eigenvalue weighted by atomic mass is 16.3. The number of benzene rings is 1. The first-order valence-electron chi connectivity index (χ1n) is 7.05. The van der Waals surface area contributed by atoms with Gasteiger partial charge in [0.05, 0.1) is 5.60 Å². The van der Waals surface area contributed by atoms with E-state index in [2.05, 4.69) is 28.1 Å². The number of nitrogens with zero attached hydrogens (tertiary/aromatic N) is 2. The summed E-state index contributed by atoms with van der Waals surface area (Å²) in [4.78, 5) is 6.70. The van der Waals surface area contributed by atoms with E-state index in [4.69, 9.17) is 0 Å². The Kier molecular flexibility index (Phi) is 2.41. The van der Waals surface area contributed by atoms with E-state index in [1.54, 1.807) is 0 Å². The summed E-state index contributed by atoms with van der Waals surface area (Å²) in [5.41, 5.74) is 0.403. The third-order valence-electron chi connectivity index (χ3n) is 4.91. The normalized spacial score (nSPS) is 33.7. The van der Waals surface area contributed by atoms with Gasteiger partial charge in [0.1, 0.15) is 0 Å². The van der Waals surface area contributed by atoms with E-state index in [9.17, 15) is 5.11 Å². The fraction of sp³-hybridized carbons (Fsp3) is 0.438. The Morgan fingerprint density at radius 3 is 3.16 bits per heavy atom. The van der Waals surface area contributed by atoms with Gasteiger partial charge in [0, 0.05) is 36.8 Å². The maximum Gasteiger partial charge on any atom is 0.0955 e. The predicted molar refractivity (Wildman–Crippen MR) is 74.8 cm³/mol. The number of rotatable bonds is 1. The van der Waals surface area contributed by atoms with E-state index in [-0.39, 0.29) is 0 Å². The summed E-state index contributed by atoms with van der Waals surface area (Å²) in [7, 11) is 0. The average Bonchev–Trinajstić information content (AvgIpc) is 2.88. The largest absolute Gasteiger partial charge is 0.385 e. The smallest absolute Gasteiger partial charge is 0.0955 e. The SMILES string of the molecule is OC1(c2cccc3ccncc23)CCN2CCC1C2. The first-order chi connectivity index (χ1) is 9.27. The molecule has 1 aromatic heterocycles. The molecular formula is C16H18N2O. The van der Waals surface area contributed by atoms with Gasteiger partial charge in [-0.25, -0.2) is 0 Å². The van der Waals surface area contributed by atoms with E-state index in [1.807, 2.05) is 18.5 Å². The molecule has 3 atom stereocenters. The minimum atomic E-state index is -0.671. The maximum atomic E-state index is 11.3. The molecule has 3 heterocycles. The lowest BCUT2D eigenvalue weighted by molar-refractivity contribution is -0.0490. The molecule has 98 valence electrons. The van der Waals surface area contributed by atoms with Gasteiger partial charge in [-0.3, -0.25) is 4.98 Å². The number of hydrogen-bond donors (Lipinski definition) is 1. The molecule has 4 rings (SSSR count). The number of piperidine rings is 1. The first kappa shape index (κ1) is 11.4. The Morgan fingerprint density at radius 2 is 2.21 bits per heavy atom. The van der Waals surface area contributed by atoms with E-state index in [0.717, 1.165) is 43.4 Å². The van der Waals surface area contributed by atoms with Gasteiger partial charge in [-0.1, -0.05) is 18.2 Å². The number of pyridine rings is 1. The summed E-state index contributed by atoms with van der Waals surface area (Å²) in [5.74, 6) is 0.368. The molecule has 3 heteroatoms. The van der Waals surface area contributed by atoms with Gasteiger partial charge >= 0.3 is 0 Å². The Labute approximate surface area is 112 Å². The number of fused-ring (bicyclic) bond motifs is 3. The van der Waals surface area contributed by atoms with Gasteiger partial charge in [-0.05, 0) is 36.4 Å². The molecule has 2 bridgehead atoms. The Bertz CT molecular complexity index is 622. The minimum Gasteiger partial charge on any atom is -0.385 e. The number of hydrogen-bond acceptors (Lipinski definition) is 3. The molecule has 0 spiro atoms. The van der Waals surface area contributed by atoms with Crippen molar-refractivity contribution < 1.29 is 5.11 Å². The summed E-state index contributed by atoms with van der Waals surface area (Å²) in [6, 6.07) is 8.24. The molecule has 1 aromatic carbocycles. The van der Waals surface area contributed by atoms with Crippen LogP contribution in [0.2, 0.25) is 0 Å². The van der Waals surface area contributed by atoms with Crippen LogP contribution in [-0.4, -0.2) is 34.6 Å². The Morgan fingerprint density at radius 1 is 1.26 bits per heavy atom. The molecule has 0 amide bonds. The van der Waals surface area contributed by atoms with Crippen molar-refractivity contribution in [3.05, 3.63) is 42.2 Å². The van der Waals surface area contributed by atoms with Crippen molar-refractivity contribution >= 4 is 10.8 Å². The molecule has 2 aromatic rings. The van der Waals surface area contributed by atoms with Crippen LogP contribution in [0.5, 0.6) is 0 Å². The van der Waals surface area contributed by atoms with Gasteiger partial charge in [0.2, 0.25) is 0 Å². The van der Waals surface area contributed by atoms with Crippen molar-refractivity contribution in [1.29, 1.82) is 0 Å². The van der Waals surface area contributed by atoms with Gasteiger partial charge in [-0.15, -0.1) is 0 Å². The van der Waals surface area contributed by atoms with Crippen molar-refractivity contribution in [1.82, 2.24) is 9.88 Å². The van der Waals surface area contributed by atoms with Crippen LogP contribution in [0, 0.1) is 5.92 Å². The summed E-state index contributed by atoms with van der Waals surface area (Å²) in [6.07, 6.45) is 5.65. The van der Waals surface area contributed by atoms with Crippen LogP contribution in [0.4, 0.5) is 0 Å². The Hall–Kier alpha value is -1.45. The van der Waals surface area contributed by atoms with E-state index in [0.29, 0.717) is 5.92 Å². The zero-order valence-electron chi connectivity index (χ0n) is 10.9. The third kappa shape index (κ3) is 1.62. The van der Waals surface area contributed by atoms with Crippen LogP contribution >= 0.6 is 0 Å². The fourth-order valence-corrected chi connectivity index (χ4v) is 3.80. The van der Waals surface area contributed by atoms with Crippen molar-refractivity contribution in [3.63, 3.8) is 0 Å². The average molecular weight is 254 g/mol. The summed E-state index contributed by atoms with van der Waals surface area (Å²) >= 11 is 0. The molecule has 2 fully saturated rings. The molecule has 1 N–H and O–H groups in total. The predicted octanol–water partition coefficient (Wildman–Crippen LogP) is 2.15. The molecule has 3 unspecified atom stereocenters. The highest BCUT2D eigenvalue weighted by molar-refractivity contribution is 5.85. The zero-order valence-corrected chi connectivity index (χ0v) is 10.9.